The standard InChI is InChI=1S/C19H23N3O3/c1-24-16-7-4-15(5-8-16)6-9-19(23)22-12-2-3-17(13-22)25-18-10-11-20-14-21-18/h4-5,7-8,10-11,14,17H,2-3,6,9,12-13H2,1H3/t17-/m1/s1. The number of amides is 1. The molecule has 6 nitrogen and oxygen atoms in total. The van der Waals surface area contributed by atoms with Gasteiger partial charge in [0, 0.05) is 25.2 Å². The molecule has 2 heterocycles. The molecule has 3 rings (SSSR count). The summed E-state index contributed by atoms with van der Waals surface area (Å²) >= 11 is 0. The number of methoxy groups -OCH3 is 1. The fourth-order valence-electron chi connectivity index (χ4n) is 2.98. The van der Waals surface area contributed by atoms with Crippen LogP contribution in [0.5, 0.6) is 11.6 Å². The third-order valence-corrected chi connectivity index (χ3v) is 4.36. The highest BCUT2D eigenvalue weighted by Crippen LogP contribution is 2.18. The quantitative estimate of drug-likeness (QED) is 0.808. The molecular formula is C19H23N3O3. The van der Waals surface area contributed by atoms with Crippen molar-refractivity contribution in [3.05, 3.63) is 48.4 Å². The molecule has 1 amide bonds. The molecule has 0 N–H and O–H groups in total. The van der Waals surface area contributed by atoms with E-state index in [1.807, 2.05) is 29.2 Å². The summed E-state index contributed by atoms with van der Waals surface area (Å²) in [5, 5.41) is 0. The summed E-state index contributed by atoms with van der Waals surface area (Å²) in [4.78, 5) is 22.4. The largest absolute Gasteiger partial charge is 0.497 e. The summed E-state index contributed by atoms with van der Waals surface area (Å²) in [7, 11) is 1.65. The van der Waals surface area contributed by atoms with Gasteiger partial charge in [-0.15, -0.1) is 0 Å². The lowest BCUT2D eigenvalue weighted by Crippen LogP contribution is -2.44. The van der Waals surface area contributed by atoms with Gasteiger partial charge in [-0.2, -0.15) is 0 Å². The number of carbonyl (C=O) groups is 1. The summed E-state index contributed by atoms with van der Waals surface area (Å²) in [5.41, 5.74) is 1.14. The van der Waals surface area contributed by atoms with Gasteiger partial charge in [0.15, 0.2) is 0 Å². The van der Waals surface area contributed by atoms with Gasteiger partial charge in [-0.05, 0) is 37.0 Å². The molecule has 1 aromatic carbocycles. The van der Waals surface area contributed by atoms with Crippen molar-refractivity contribution in [3.8, 4) is 11.6 Å². The molecule has 1 atom stereocenters. The predicted octanol–water partition coefficient (Wildman–Crippen LogP) is 2.49. The number of ether oxygens (including phenoxy) is 2. The lowest BCUT2D eigenvalue weighted by molar-refractivity contribution is -0.133. The van der Waals surface area contributed by atoms with Gasteiger partial charge in [-0.1, -0.05) is 12.1 Å². The third kappa shape index (κ3) is 4.92. The van der Waals surface area contributed by atoms with E-state index in [0.717, 1.165) is 37.1 Å². The van der Waals surface area contributed by atoms with E-state index in [9.17, 15) is 4.79 Å². The minimum atomic E-state index is -0.00594. The SMILES string of the molecule is COc1ccc(CCC(=O)N2CCC[C@@H](Oc3ccncn3)C2)cc1. The number of benzene rings is 1. The minimum Gasteiger partial charge on any atom is -0.497 e. The fraction of sp³-hybridized carbons (Fsp3) is 0.421. The van der Waals surface area contributed by atoms with Crippen molar-refractivity contribution in [1.29, 1.82) is 0 Å². The van der Waals surface area contributed by atoms with E-state index in [4.69, 9.17) is 9.47 Å². The number of likely N-dealkylation sites (tertiary alicyclic amines) is 1. The zero-order chi connectivity index (χ0) is 17.5. The van der Waals surface area contributed by atoms with E-state index in [2.05, 4.69) is 9.97 Å². The Bertz CT molecular complexity index is 676. The Hall–Kier alpha value is -2.63. The number of piperidine rings is 1. The zero-order valence-corrected chi connectivity index (χ0v) is 14.4. The molecule has 0 saturated carbocycles. The van der Waals surface area contributed by atoms with Crippen LogP contribution in [0.4, 0.5) is 0 Å². The van der Waals surface area contributed by atoms with Gasteiger partial charge < -0.3 is 14.4 Å². The highest BCUT2D eigenvalue weighted by molar-refractivity contribution is 5.76. The molecule has 0 aliphatic carbocycles. The highest BCUT2D eigenvalue weighted by Gasteiger charge is 2.24. The first kappa shape index (κ1) is 17.2. The van der Waals surface area contributed by atoms with Crippen LogP contribution in [-0.4, -0.2) is 47.1 Å². The van der Waals surface area contributed by atoms with Crippen LogP contribution in [-0.2, 0) is 11.2 Å². The number of hydrogen-bond acceptors (Lipinski definition) is 5. The van der Waals surface area contributed by atoms with Crippen molar-refractivity contribution >= 4 is 5.91 Å². The monoisotopic (exact) mass is 341 g/mol. The van der Waals surface area contributed by atoms with Gasteiger partial charge in [0.25, 0.3) is 0 Å². The van der Waals surface area contributed by atoms with Gasteiger partial charge in [0.2, 0.25) is 11.8 Å². The molecule has 25 heavy (non-hydrogen) atoms. The second-order valence-corrected chi connectivity index (χ2v) is 6.12. The maximum absolute atomic E-state index is 12.5. The van der Waals surface area contributed by atoms with E-state index < -0.39 is 0 Å². The number of nitrogens with zero attached hydrogens (tertiary/aromatic N) is 3. The Labute approximate surface area is 147 Å². The molecule has 6 heteroatoms. The number of aryl methyl sites for hydroxylation is 1. The maximum Gasteiger partial charge on any atom is 0.223 e. The smallest absolute Gasteiger partial charge is 0.223 e. The highest BCUT2D eigenvalue weighted by atomic mass is 16.5. The van der Waals surface area contributed by atoms with Crippen LogP contribution >= 0.6 is 0 Å². The molecule has 132 valence electrons. The number of rotatable bonds is 6. The first-order chi connectivity index (χ1) is 12.2. The summed E-state index contributed by atoms with van der Waals surface area (Å²) in [6.07, 6.45) is 6.24. The van der Waals surface area contributed by atoms with Crippen molar-refractivity contribution in [2.75, 3.05) is 20.2 Å². The summed E-state index contributed by atoms with van der Waals surface area (Å²) in [6, 6.07) is 9.59. The topological polar surface area (TPSA) is 64.5 Å². The van der Waals surface area contributed by atoms with Crippen LogP contribution in [0.25, 0.3) is 0 Å². The maximum atomic E-state index is 12.5. The molecular weight excluding hydrogens is 318 g/mol. The molecule has 1 aliphatic heterocycles. The third-order valence-electron chi connectivity index (χ3n) is 4.36. The van der Waals surface area contributed by atoms with E-state index in [0.29, 0.717) is 18.8 Å². The fourth-order valence-corrected chi connectivity index (χ4v) is 2.98. The number of hydrogen-bond donors (Lipinski definition) is 0. The number of carbonyl (C=O) groups excluding carboxylic acids is 1. The average molecular weight is 341 g/mol. The van der Waals surface area contributed by atoms with Crippen molar-refractivity contribution in [3.63, 3.8) is 0 Å². The van der Waals surface area contributed by atoms with E-state index in [-0.39, 0.29) is 12.0 Å². The Morgan fingerprint density at radius 1 is 1.28 bits per heavy atom. The molecule has 0 spiro atoms. The van der Waals surface area contributed by atoms with E-state index in [1.165, 1.54) is 6.33 Å². The lowest BCUT2D eigenvalue weighted by Gasteiger charge is -2.32. The summed E-state index contributed by atoms with van der Waals surface area (Å²) in [6.45, 7) is 1.41. The molecule has 2 aromatic rings. The van der Waals surface area contributed by atoms with Gasteiger partial charge in [-0.3, -0.25) is 4.79 Å². The molecule has 0 radical (unpaired) electrons. The lowest BCUT2D eigenvalue weighted by atomic mass is 10.1. The first-order valence-electron chi connectivity index (χ1n) is 8.58. The average Bonchev–Trinajstić information content (AvgIpc) is 2.67. The van der Waals surface area contributed by atoms with Crippen LogP contribution < -0.4 is 9.47 Å². The summed E-state index contributed by atoms with van der Waals surface area (Å²) < 4.78 is 11.0. The van der Waals surface area contributed by atoms with E-state index >= 15 is 0 Å². The molecule has 0 bridgehead atoms. The Morgan fingerprint density at radius 2 is 2.12 bits per heavy atom. The van der Waals surface area contributed by atoms with Crippen molar-refractivity contribution < 1.29 is 14.3 Å². The Balaban J connectivity index is 1.49. The van der Waals surface area contributed by atoms with Crippen LogP contribution in [0.3, 0.4) is 0 Å². The minimum absolute atomic E-state index is 0.00594. The van der Waals surface area contributed by atoms with Gasteiger partial charge in [0.1, 0.15) is 18.2 Å². The molecule has 1 aromatic heterocycles. The van der Waals surface area contributed by atoms with Gasteiger partial charge in [0.05, 0.1) is 13.7 Å². The van der Waals surface area contributed by atoms with Crippen LogP contribution in [0.15, 0.2) is 42.9 Å². The van der Waals surface area contributed by atoms with Crippen LogP contribution in [0.2, 0.25) is 0 Å². The van der Waals surface area contributed by atoms with Crippen LogP contribution in [0, 0.1) is 0 Å². The van der Waals surface area contributed by atoms with E-state index in [1.54, 1.807) is 19.4 Å². The van der Waals surface area contributed by atoms with Crippen molar-refractivity contribution in [2.24, 2.45) is 0 Å². The second kappa shape index (κ2) is 8.46. The molecule has 0 unspecified atom stereocenters. The van der Waals surface area contributed by atoms with Crippen molar-refractivity contribution in [2.45, 2.75) is 31.8 Å². The van der Waals surface area contributed by atoms with Crippen LogP contribution in [0.1, 0.15) is 24.8 Å². The molecule has 1 fully saturated rings. The zero-order valence-electron chi connectivity index (χ0n) is 14.4. The summed E-state index contributed by atoms with van der Waals surface area (Å²) in [5.74, 6) is 1.56. The van der Waals surface area contributed by atoms with Gasteiger partial charge in [-0.25, -0.2) is 9.97 Å². The van der Waals surface area contributed by atoms with Crippen molar-refractivity contribution in [1.82, 2.24) is 14.9 Å². The molecule has 1 saturated heterocycles. The normalized spacial score (nSPS) is 17.2. The van der Waals surface area contributed by atoms with Gasteiger partial charge >= 0.3 is 0 Å². The molecule has 1 aliphatic rings. The Kier molecular flexibility index (Phi) is 5.82. The predicted molar refractivity (Wildman–Crippen MR) is 93.6 cm³/mol. The second-order valence-electron chi connectivity index (χ2n) is 6.12. The number of aromatic nitrogens is 2. The Morgan fingerprint density at radius 3 is 2.84 bits per heavy atom. The first-order valence-corrected chi connectivity index (χ1v) is 8.58.